The topological polar surface area (TPSA) is 58.4 Å². The minimum atomic E-state index is -0.870. The van der Waals surface area contributed by atoms with Crippen molar-refractivity contribution in [1.82, 2.24) is 14.7 Å². The van der Waals surface area contributed by atoms with E-state index in [1.165, 1.54) is 0 Å². The van der Waals surface area contributed by atoms with E-state index in [4.69, 9.17) is 5.11 Å². The number of hydrogen-bond donors (Lipinski definition) is 1. The number of aryl methyl sites for hydroxylation is 1. The molecule has 0 atom stereocenters. The molecule has 0 aliphatic carbocycles. The fraction of sp³-hybridized carbons (Fsp3) is 0.333. The van der Waals surface area contributed by atoms with E-state index in [0.29, 0.717) is 12.1 Å². The molecule has 2 aromatic rings. The van der Waals surface area contributed by atoms with Crippen LogP contribution in [-0.2, 0) is 13.1 Å². The Morgan fingerprint density at radius 1 is 1.35 bits per heavy atom. The van der Waals surface area contributed by atoms with Crippen molar-refractivity contribution >= 4 is 5.97 Å². The number of benzene rings is 1. The van der Waals surface area contributed by atoms with Gasteiger partial charge in [-0.1, -0.05) is 18.2 Å². The summed E-state index contributed by atoms with van der Waals surface area (Å²) in [7, 11) is 2.00. The molecule has 0 spiro atoms. The van der Waals surface area contributed by atoms with Gasteiger partial charge in [0.2, 0.25) is 0 Å². The molecule has 1 N–H and O–H groups in total. The van der Waals surface area contributed by atoms with Crippen molar-refractivity contribution in [1.29, 1.82) is 0 Å². The third kappa shape index (κ3) is 3.93. The molecule has 2 rings (SSSR count). The number of carboxylic acids is 1. The van der Waals surface area contributed by atoms with E-state index < -0.39 is 5.97 Å². The highest BCUT2D eigenvalue weighted by Gasteiger charge is 2.10. The number of rotatable bonds is 7. The molecule has 106 valence electrons. The average molecular weight is 273 g/mol. The first-order valence-corrected chi connectivity index (χ1v) is 6.64. The van der Waals surface area contributed by atoms with Gasteiger partial charge in [-0.2, -0.15) is 5.10 Å². The van der Waals surface area contributed by atoms with Crippen molar-refractivity contribution in [2.24, 2.45) is 0 Å². The zero-order valence-corrected chi connectivity index (χ0v) is 11.6. The second-order valence-corrected chi connectivity index (χ2v) is 4.82. The van der Waals surface area contributed by atoms with Crippen LogP contribution < -0.4 is 0 Å². The molecule has 0 fully saturated rings. The van der Waals surface area contributed by atoms with Crippen LogP contribution in [0.25, 0.3) is 0 Å². The van der Waals surface area contributed by atoms with Crippen molar-refractivity contribution < 1.29 is 9.90 Å². The van der Waals surface area contributed by atoms with Crippen molar-refractivity contribution in [2.75, 3.05) is 13.6 Å². The van der Waals surface area contributed by atoms with Crippen LogP contribution in [0.4, 0.5) is 0 Å². The van der Waals surface area contributed by atoms with Crippen molar-refractivity contribution in [2.45, 2.75) is 19.5 Å². The SMILES string of the molecule is CN(CCCn1cccn1)Cc1ccccc1C(=O)O. The van der Waals surface area contributed by atoms with Crippen molar-refractivity contribution in [3.05, 3.63) is 53.9 Å². The van der Waals surface area contributed by atoms with E-state index >= 15 is 0 Å². The molecule has 5 nitrogen and oxygen atoms in total. The van der Waals surface area contributed by atoms with E-state index in [9.17, 15) is 4.79 Å². The largest absolute Gasteiger partial charge is 0.478 e. The minimum absolute atomic E-state index is 0.381. The van der Waals surface area contributed by atoms with E-state index in [2.05, 4.69) is 10.00 Å². The van der Waals surface area contributed by atoms with Gasteiger partial charge in [0.25, 0.3) is 0 Å². The standard InChI is InChI=1S/C15H19N3O2/c1-17(9-5-11-18-10-4-8-16-18)12-13-6-2-3-7-14(13)15(19)20/h2-4,6-8,10H,5,9,11-12H2,1H3,(H,19,20). The lowest BCUT2D eigenvalue weighted by Gasteiger charge is -2.17. The molecule has 0 aliphatic rings. The van der Waals surface area contributed by atoms with Gasteiger partial charge in [0, 0.05) is 25.5 Å². The van der Waals surface area contributed by atoms with E-state index in [1.807, 2.05) is 36.1 Å². The Morgan fingerprint density at radius 3 is 2.85 bits per heavy atom. The Hall–Kier alpha value is -2.14. The molecule has 0 amide bonds. The fourth-order valence-electron chi connectivity index (χ4n) is 2.17. The third-order valence-corrected chi connectivity index (χ3v) is 3.17. The van der Waals surface area contributed by atoms with Crippen molar-refractivity contribution in [3.8, 4) is 0 Å². The molecule has 0 saturated carbocycles. The predicted octanol–water partition coefficient (Wildman–Crippen LogP) is 2.10. The van der Waals surface area contributed by atoms with E-state index in [0.717, 1.165) is 25.1 Å². The number of hydrogen-bond acceptors (Lipinski definition) is 3. The third-order valence-electron chi connectivity index (χ3n) is 3.17. The normalized spacial score (nSPS) is 10.9. The molecular weight excluding hydrogens is 254 g/mol. The molecule has 0 aliphatic heterocycles. The van der Waals surface area contributed by atoms with Gasteiger partial charge < -0.3 is 10.0 Å². The smallest absolute Gasteiger partial charge is 0.336 e. The monoisotopic (exact) mass is 273 g/mol. The van der Waals surface area contributed by atoms with Crippen LogP contribution in [0.3, 0.4) is 0 Å². The molecule has 5 heteroatoms. The summed E-state index contributed by atoms with van der Waals surface area (Å²) in [6, 6.07) is 9.06. The number of nitrogens with zero attached hydrogens (tertiary/aromatic N) is 3. The zero-order valence-electron chi connectivity index (χ0n) is 11.6. The maximum atomic E-state index is 11.1. The van der Waals surface area contributed by atoms with Crippen molar-refractivity contribution in [3.63, 3.8) is 0 Å². The summed E-state index contributed by atoms with van der Waals surface area (Å²) < 4.78 is 1.90. The van der Waals surface area contributed by atoms with Crippen LogP contribution in [0.2, 0.25) is 0 Å². The van der Waals surface area contributed by atoms with Gasteiger partial charge in [-0.05, 0) is 37.7 Å². The molecule has 1 aromatic carbocycles. The lowest BCUT2D eigenvalue weighted by molar-refractivity contribution is 0.0694. The first-order chi connectivity index (χ1) is 9.66. The molecule has 0 bridgehead atoms. The van der Waals surface area contributed by atoms with Gasteiger partial charge in [0.15, 0.2) is 0 Å². The van der Waals surface area contributed by atoms with Crippen LogP contribution in [0.15, 0.2) is 42.7 Å². The maximum Gasteiger partial charge on any atom is 0.336 e. The summed E-state index contributed by atoms with van der Waals surface area (Å²) in [5, 5.41) is 13.3. The quantitative estimate of drug-likeness (QED) is 0.839. The Balaban J connectivity index is 1.85. The lowest BCUT2D eigenvalue weighted by atomic mass is 10.1. The number of aromatic nitrogens is 2. The minimum Gasteiger partial charge on any atom is -0.478 e. The fourth-order valence-corrected chi connectivity index (χ4v) is 2.17. The molecule has 20 heavy (non-hydrogen) atoms. The van der Waals surface area contributed by atoms with Crippen LogP contribution in [-0.4, -0.2) is 39.3 Å². The Kier molecular flexibility index (Phi) is 4.90. The second-order valence-electron chi connectivity index (χ2n) is 4.82. The number of carboxylic acid groups (broad SMARTS) is 1. The summed E-state index contributed by atoms with van der Waals surface area (Å²) in [6.07, 6.45) is 4.69. The average Bonchev–Trinajstić information content (AvgIpc) is 2.92. The number of carbonyl (C=O) groups is 1. The van der Waals surface area contributed by atoms with E-state index in [1.54, 1.807) is 18.3 Å². The van der Waals surface area contributed by atoms with Crippen LogP contribution in [0, 0.1) is 0 Å². The lowest BCUT2D eigenvalue weighted by Crippen LogP contribution is -2.21. The molecule has 0 saturated heterocycles. The number of aromatic carboxylic acids is 1. The molecule has 0 unspecified atom stereocenters. The first kappa shape index (κ1) is 14.3. The summed E-state index contributed by atoms with van der Waals surface area (Å²) in [4.78, 5) is 13.3. The van der Waals surface area contributed by atoms with Gasteiger partial charge in [-0.15, -0.1) is 0 Å². The highest BCUT2D eigenvalue weighted by molar-refractivity contribution is 5.89. The maximum absolute atomic E-state index is 11.1. The molecular formula is C15H19N3O2. The Morgan fingerprint density at radius 2 is 2.15 bits per heavy atom. The zero-order chi connectivity index (χ0) is 14.4. The van der Waals surface area contributed by atoms with Crippen LogP contribution in [0.5, 0.6) is 0 Å². The van der Waals surface area contributed by atoms with Crippen LogP contribution >= 0.6 is 0 Å². The van der Waals surface area contributed by atoms with Gasteiger partial charge >= 0.3 is 5.97 Å². The van der Waals surface area contributed by atoms with E-state index in [-0.39, 0.29) is 0 Å². The molecule has 1 aromatic heterocycles. The highest BCUT2D eigenvalue weighted by atomic mass is 16.4. The summed E-state index contributed by atoms with van der Waals surface area (Å²) in [6.45, 7) is 2.41. The van der Waals surface area contributed by atoms with Gasteiger partial charge in [0.05, 0.1) is 5.56 Å². The van der Waals surface area contributed by atoms with Crippen LogP contribution in [0.1, 0.15) is 22.3 Å². The molecule has 1 heterocycles. The Bertz CT molecular complexity index is 552. The van der Waals surface area contributed by atoms with Gasteiger partial charge in [0.1, 0.15) is 0 Å². The summed E-state index contributed by atoms with van der Waals surface area (Å²) in [5.74, 6) is -0.870. The Labute approximate surface area is 118 Å². The summed E-state index contributed by atoms with van der Waals surface area (Å²) in [5.41, 5.74) is 1.23. The highest BCUT2D eigenvalue weighted by Crippen LogP contribution is 2.11. The second kappa shape index (κ2) is 6.86. The molecule has 0 radical (unpaired) electrons. The van der Waals surface area contributed by atoms with Gasteiger partial charge in [-0.25, -0.2) is 4.79 Å². The van der Waals surface area contributed by atoms with Gasteiger partial charge in [-0.3, -0.25) is 4.68 Å². The summed E-state index contributed by atoms with van der Waals surface area (Å²) >= 11 is 0. The predicted molar refractivity (Wildman–Crippen MR) is 76.6 cm³/mol. The first-order valence-electron chi connectivity index (χ1n) is 6.64.